The van der Waals surface area contributed by atoms with E-state index in [0.717, 1.165) is 36.9 Å². The molecule has 2 unspecified atom stereocenters. The lowest BCUT2D eigenvalue weighted by Gasteiger charge is -2.20. The maximum Gasteiger partial charge on any atom is 0.110 e. The van der Waals surface area contributed by atoms with E-state index >= 15 is 0 Å². The number of hydrogen-bond donors (Lipinski definition) is 1. The van der Waals surface area contributed by atoms with Crippen LogP contribution in [0.3, 0.4) is 0 Å². The minimum atomic E-state index is 0.797. The highest BCUT2D eigenvalue weighted by Gasteiger charge is 2.28. The molecule has 0 aliphatic heterocycles. The van der Waals surface area contributed by atoms with Crippen molar-refractivity contribution in [3.05, 3.63) is 30.1 Å². The standard InChI is InChI=1S/C18H27N3/c1-3-19-13-15-9-7-8-14(15)12-18-20-16-10-5-6-11-17(16)21(18)4-2/h5-6,10-11,14-15,19H,3-4,7-9,12-13H2,1-2H3. The normalized spacial score (nSPS) is 22.2. The lowest BCUT2D eigenvalue weighted by molar-refractivity contribution is 0.359. The fourth-order valence-electron chi connectivity index (χ4n) is 3.85. The Bertz CT molecular complexity index is 587. The first kappa shape index (κ1) is 14.6. The van der Waals surface area contributed by atoms with Crippen LogP contribution in [0, 0.1) is 11.8 Å². The van der Waals surface area contributed by atoms with Crippen molar-refractivity contribution in [2.75, 3.05) is 13.1 Å². The van der Waals surface area contributed by atoms with E-state index in [1.165, 1.54) is 37.1 Å². The zero-order chi connectivity index (χ0) is 14.7. The average Bonchev–Trinajstić information content (AvgIpc) is 3.09. The quantitative estimate of drug-likeness (QED) is 0.878. The first-order valence-corrected chi connectivity index (χ1v) is 8.48. The van der Waals surface area contributed by atoms with Crippen LogP contribution in [0.25, 0.3) is 11.0 Å². The number of hydrogen-bond acceptors (Lipinski definition) is 2. The summed E-state index contributed by atoms with van der Waals surface area (Å²) in [7, 11) is 0. The van der Waals surface area contributed by atoms with Gasteiger partial charge in [-0.3, -0.25) is 0 Å². The lowest BCUT2D eigenvalue weighted by Crippen LogP contribution is -2.26. The first-order valence-electron chi connectivity index (χ1n) is 8.48. The van der Waals surface area contributed by atoms with Crippen molar-refractivity contribution in [2.45, 2.75) is 46.1 Å². The van der Waals surface area contributed by atoms with Gasteiger partial charge in [-0.15, -0.1) is 0 Å². The Labute approximate surface area is 127 Å². The predicted molar refractivity (Wildman–Crippen MR) is 88.5 cm³/mol. The maximum atomic E-state index is 4.90. The van der Waals surface area contributed by atoms with Crippen LogP contribution in [0.2, 0.25) is 0 Å². The second-order valence-corrected chi connectivity index (χ2v) is 6.22. The zero-order valence-corrected chi connectivity index (χ0v) is 13.3. The van der Waals surface area contributed by atoms with Gasteiger partial charge in [-0.1, -0.05) is 25.5 Å². The maximum absolute atomic E-state index is 4.90. The zero-order valence-electron chi connectivity index (χ0n) is 13.3. The van der Waals surface area contributed by atoms with Crippen LogP contribution in [0.1, 0.15) is 38.9 Å². The largest absolute Gasteiger partial charge is 0.328 e. The van der Waals surface area contributed by atoms with E-state index in [9.17, 15) is 0 Å². The Morgan fingerprint density at radius 3 is 2.81 bits per heavy atom. The van der Waals surface area contributed by atoms with Crippen LogP contribution in [0.4, 0.5) is 0 Å². The van der Waals surface area contributed by atoms with Gasteiger partial charge in [0.1, 0.15) is 5.82 Å². The summed E-state index contributed by atoms with van der Waals surface area (Å²) in [6, 6.07) is 8.53. The van der Waals surface area contributed by atoms with E-state index < -0.39 is 0 Å². The lowest BCUT2D eigenvalue weighted by atomic mass is 9.92. The van der Waals surface area contributed by atoms with Gasteiger partial charge in [-0.05, 0) is 56.8 Å². The Hall–Kier alpha value is -1.35. The molecular formula is C18H27N3. The van der Waals surface area contributed by atoms with Crippen LogP contribution >= 0.6 is 0 Å². The molecule has 1 heterocycles. The fraction of sp³-hybridized carbons (Fsp3) is 0.611. The number of aryl methyl sites for hydroxylation is 1. The van der Waals surface area contributed by atoms with Crippen LogP contribution in [0.15, 0.2) is 24.3 Å². The second-order valence-electron chi connectivity index (χ2n) is 6.22. The number of benzene rings is 1. The summed E-state index contributed by atoms with van der Waals surface area (Å²) in [5.74, 6) is 2.91. The smallest absolute Gasteiger partial charge is 0.110 e. The van der Waals surface area contributed by atoms with Gasteiger partial charge in [0.2, 0.25) is 0 Å². The SMILES string of the molecule is CCNCC1CCCC1Cc1nc2ccccc2n1CC. The van der Waals surface area contributed by atoms with Crippen molar-refractivity contribution in [2.24, 2.45) is 11.8 Å². The molecule has 2 aromatic rings. The number of nitrogens with zero attached hydrogens (tertiary/aromatic N) is 2. The highest BCUT2D eigenvalue weighted by atomic mass is 15.1. The van der Waals surface area contributed by atoms with Crippen LogP contribution in [-0.2, 0) is 13.0 Å². The molecule has 1 aliphatic carbocycles. The van der Waals surface area contributed by atoms with Crippen LogP contribution < -0.4 is 5.32 Å². The molecule has 1 fully saturated rings. The molecule has 1 aromatic carbocycles. The molecule has 3 rings (SSSR count). The van der Waals surface area contributed by atoms with Crippen molar-refractivity contribution in [1.29, 1.82) is 0 Å². The van der Waals surface area contributed by atoms with E-state index in [2.05, 4.69) is 48.0 Å². The minimum Gasteiger partial charge on any atom is -0.328 e. The van der Waals surface area contributed by atoms with Gasteiger partial charge in [-0.2, -0.15) is 0 Å². The highest BCUT2D eigenvalue weighted by molar-refractivity contribution is 5.75. The van der Waals surface area contributed by atoms with E-state index in [1.807, 2.05) is 0 Å². The predicted octanol–water partition coefficient (Wildman–Crippen LogP) is 3.62. The van der Waals surface area contributed by atoms with Crippen molar-refractivity contribution >= 4 is 11.0 Å². The number of rotatable bonds is 6. The molecule has 1 aliphatic rings. The van der Waals surface area contributed by atoms with E-state index in [0.29, 0.717) is 0 Å². The summed E-state index contributed by atoms with van der Waals surface area (Å²) in [6.45, 7) is 7.69. The molecule has 3 nitrogen and oxygen atoms in total. The number of imidazole rings is 1. The molecule has 114 valence electrons. The Morgan fingerprint density at radius 2 is 2.00 bits per heavy atom. The number of nitrogens with one attached hydrogen (secondary N) is 1. The van der Waals surface area contributed by atoms with Gasteiger partial charge < -0.3 is 9.88 Å². The summed E-state index contributed by atoms with van der Waals surface area (Å²) in [5, 5.41) is 3.53. The molecule has 0 amide bonds. The molecule has 1 N–H and O–H groups in total. The van der Waals surface area contributed by atoms with Gasteiger partial charge in [0.05, 0.1) is 11.0 Å². The average molecular weight is 285 g/mol. The van der Waals surface area contributed by atoms with Crippen molar-refractivity contribution in [3.63, 3.8) is 0 Å². The molecule has 2 atom stereocenters. The summed E-state index contributed by atoms with van der Waals surface area (Å²) < 4.78 is 2.40. The van der Waals surface area contributed by atoms with Gasteiger partial charge in [-0.25, -0.2) is 4.98 Å². The van der Waals surface area contributed by atoms with Gasteiger partial charge in [0.25, 0.3) is 0 Å². The number of fused-ring (bicyclic) bond motifs is 1. The van der Waals surface area contributed by atoms with Crippen LogP contribution in [0.5, 0.6) is 0 Å². The number of aromatic nitrogens is 2. The molecule has 0 spiro atoms. The summed E-state index contributed by atoms with van der Waals surface area (Å²) in [4.78, 5) is 4.90. The Morgan fingerprint density at radius 1 is 1.19 bits per heavy atom. The van der Waals surface area contributed by atoms with E-state index in [1.54, 1.807) is 0 Å². The second kappa shape index (κ2) is 6.61. The van der Waals surface area contributed by atoms with Crippen molar-refractivity contribution in [3.8, 4) is 0 Å². The van der Waals surface area contributed by atoms with Gasteiger partial charge >= 0.3 is 0 Å². The van der Waals surface area contributed by atoms with Crippen LogP contribution in [-0.4, -0.2) is 22.6 Å². The third-order valence-electron chi connectivity index (χ3n) is 4.97. The summed E-state index contributed by atoms with van der Waals surface area (Å²) >= 11 is 0. The molecule has 21 heavy (non-hydrogen) atoms. The first-order chi connectivity index (χ1) is 10.3. The molecule has 0 saturated heterocycles. The summed E-state index contributed by atoms with van der Waals surface area (Å²) in [6.07, 6.45) is 5.26. The molecule has 0 radical (unpaired) electrons. The molecule has 0 bridgehead atoms. The van der Waals surface area contributed by atoms with E-state index in [-0.39, 0.29) is 0 Å². The molecular weight excluding hydrogens is 258 g/mol. The Balaban J connectivity index is 1.80. The monoisotopic (exact) mass is 285 g/mol. The van der Waals surface area contributed by atoms with E-state index in [4.69, 9.17) is 4.98 Å². The fourth-order valence-corrected chi connectivity index (χ4v) is 3.85. The third-order valence-corrected chi connectivity index (χ3v) is 4.97. The third kappa shape index (κ3) is 2.98. The van der Waals surface area contributed by atoms with Crippen molar-refractivity contribution in [1.82, 2.24) is 14.9 Å². The van der Waals surface area contributed by atoms with Crippen molar-refractivity contribution < 1.29 is 0 Å². The molecule has 1 saturated carbocycles. The summed E-state index contributed by atoms with van der Waals surface area (Å²) in [5.41, 5.74) is 2.44. The topological polar surface area (TPSA) is 29.9 Å². The minimum absolute atomic E-state index is 0.797. The van der Waals surface area contributed by atoms with Gasteiger partial charge in [0.15, 0.2) is 0 Å². The molecule has 1 aromatic heterocycles. The number of para-hydroxylation sites is 2. The highest BCUT2D eigenvalue weighted by Crippen LogP contribution is 2.34. The van der Waals surface area contributed by atoms with Gasteiger partial charge in [0, 0.05) is 13.0 Å². The molecule has 3 heteroatoms. The Kier molecular flexibility index (Phi) is 4.59.